The Balaban J connectivity index is 1.59. The molecule has 0 radical (unpaired) electrons. The van der Waals surface area contributed by atoms with Gasteiger partial charge in [-0.15, -0.1) is 0 Å². The van der Waals surface area contributed by atoms with Crippen LogP contribution in [0.3, 0.4) is 0 Å². The second-order valence-electron chi connectivity index (χ2n) is 6.78. The van der Waals surface area contributed by atoms with Gasteiger partial charge in [0.2, 0.25) is 5.91 Å². The van der Waals surface area contributed by atoms with E-state index in [1.54, 1.807) is 18.2 Å². The lowest BCUT2D eigenvalue weighted by molar-refractivity contribution is -0.122. The van der Waals surface area contributed by atoms with Crippen molar-refractivity contribution in [2.45, 2.75) is 32.2 Å². The van der Waals surface area contributed by atoms with Crippen molar-refractivity contribution in [1.29, 1.82) is 0 Å². The summed E-state index contributed by atoms with van der Waals surface area (Å²) in [5.74, 6) is 0.298. The van der Waals surface area contributed by atoms with E-state index in [0.717, 1.165) is 10.0 Å². The average Bonchev–Trinajstić information content (AvgIpc) is 3.09. The van der Waals surface area contributed by atoms with Gasteiger partial charge in [-0.2, -0.15) is 0 Å². The lowest BCUT2D eigenvalue weighted by Gasteiger charge is -2.27. The summed E-state index contributed by atoms with van der Waals surface area (Å²) >= 11 is 3.41. The molecule has 0 aliphatic rings. The standard InChI is InChI=1S/C21H20BrFN2O2/c1-21(2,14-7-9-15(22)10-8-14)25-19(26)11-12-20-24-13-18(27-20)16-5-3-4-6-17(16)23/h3-10,13H,11-12H2,1-2H3,(H,25,26). The molecule has 4 nitrogen and oxygen atoms in total. The monoisotopic (exact) mass is 430 g/mol. The van der Waals surface area contributed by atoms with Crippen LogP contribution in [-0.4, -0.2) is 10.9 Å². The van der Waals surface area contributed by atoms with Crippen LogP contribution in [0.4, 0.5) is 4.39 Å². The molecule has 6 heteroatoms. The largest absolute Gasteiger partial charge is 0.441 e. The maximum atomic E-state index is 13.8. The molecule has 0 spiro atoms. The lowest BCUT2D eigenvalue weighted by Crippen LogP contribution is -2.41. The Bertz CT molecular complexity index is 935. The first-order valence-electron chi connectivity index (χ1n) is 8.62. The number of amides is 1. The number of carbonyl (C=O) groups is 1. The van der Waals surface area contributed by atoms with Crippen molar-refractivity contribution in [2.75, 3.05) is 0 Å². The van der Waals surface area contributed by atoms with Gasteiger partial charge in [0.05, 0.1) is 17.3 Å². The fourth-order valence-corrected chi connectivity index (χ4v) is 3.05. The Hall–Kier alpha value is -2.47. The summed E-state index contributed by atoms with van der Waals surface area (Å²) in [6, 6.07) is 14.2. The molecule has 2 aromatic carbocycles. The zero-order chi connectivity index (χ0) is 19.4. The van der Waals surface area contributed by atoms with Gasteiger partial charge in [0.1, 0.15) is 5.82 Å². The van der Waals surface area contributed by atoms with E-state index < -0.39 is 5.54 Å². The first-order chi connectivity index (χ1) is 12.8. The number of halogens is 2. The molecule has 1 heterocycles. The van der Waals surface area contributed by atoms with Gasteiger partial charge in [-0.3, -0.25) is 4.79 Å². The van der Waals surface area contributed by atoms with E-state index in [4.69, 9.17) is 4.42 Å². The zero-order valence-corrected chi connectivity index (χ0v) is 16.7. The fraction of sp³-hybridized carbons (Fsp3) is 0.238. The van der Waals surface area contributed by atoms with Crippen molar-refractivity contribution in [3.05, 3.63) is 76.5 Å². The van der Waals surface area contributed by atoms with Crippen molar-refractivity contribution in [3.8, 4) is 11.3 Å². The third kappa shape index (κ3) is 4.83. The minimum Gasteiger partial charge on any atom is -0.441 e. The van der Waals surface area contributed by atoms with Gasteiger partial charge in [-0.25, -0.2) is 9.37 Å². The van der Waals surface area contributed by atoms with Crippen molar-refractivity contribution >= 4 is 21.8 Å². The van der Waals surface area contributed by atoms with E-state index in [1.165, 1.54) is 12.3 Å². The quantitative estimate of drug-likeness (QED) is 0.582. The molecule has 3 rings (SSSR count). The van der Waals surface area contributed by atoms with E-state index in [0.29, 0.717) is 23.6 Å². The third-order valence-corrected chi connectivity index (χ3v) is 4.81. The normalized spacial score (nSPS) is 11.4. The number of nitrogens with zero attached hydrogens (tertiary/aromatic N) is 1. The summed E-state index contributed by atoms with van der Waals surface area (Å²) in [6.07, 6.45) is 2.06. The Morgan fingerprint density at radius 2 is 1.89 bits per heavy atom. The van der Waals surface area contributed by atoms with E-state index in [2.05, 4.69) is 26.2 Å². The molecule has 0 aliphatic heterocycles. The van der Waals surface area contributed by atoms with Gasteiger partial charge in [0.15, 0.2) is 11.7 Å². The van der Waals surface area contributed by atoms with Crippen LogP contribution >= 0.6 is 15.9 Å². The van der Waals surface area contributed by atoms with Crippen LogP contribution in [0.2, 0.25) is 0 Å². The molecule has 0 saturated heterocycles. The smallest absolute Gasteiger partial charge is 0.221 e. The van der Waals surface area contributed by atoms with E-state index in [-0.39, 0.29) is 18.1 Å². The highest BCUT2D eigenvalue weighted by Crippen LogP contribution is 2.24. The Morgan fingerprint density at radius 1 is 1.19 bits per heavy atom. The number of hydrogen-bond acceptors (Lipinski definition) is 3. The van der Waals surface area contributed by atoms with Gasteiger partial charge in [-0.1, -0.05) is 40.2 Å². The molecule has 0 bridgehead atoms. The summed E-state index contributed by atoms with van der Waals surface area (Å²) in [7, 11) is 0. The van der Waals surface area contributed by atoms with Crippen LogP contribution in [0.1, 0.15) is 31.7 Å². The average molecular weight is 431 g/mol. The van der Waals surface area contributed by atoms with Crippen LogP contribution < -0.4 is 5.32 Å². The Morgan fingerprint density at radius 3 is 2.59 bits per heavy atom. The number of oxazole rings is 1. The molecule has 1 aromatic heterocycles. The van der Waals surface area contributed by atoms with Crippen LogP contribution in [0, 0.1) is 5.82 Å². The van der Waals surface area contributed by atoms with Gasteiger partial charge in [0, 0.05) is 17.3 Å². The molecule has 0 saturated carbocycles. The number of hydrogen-bond donors (Lipinski definition) is 1. The number of aryl methyl sites for hydroxylation is 1. The van der Waals surface area contributed by atoms with Gasteiger partial charge in [-0.05, 0) is 43.7 Å². The number of rotatable bonds is 6. The Kier molecular flexibility index (Phi) is 5.75. The zero-order valence-electron chi connectivity index (χ0n) is 15.1. The van der Waals surface area contributed by atoms with Gasteiger partial charge in [0.25, 0.3) is 0 Å². The van der Waals surface area contributed by atoms with Crippen molar-refractivity contribution in [1.82, 2.24) is 10.3 Å². The molecule has 1 N–H and O–H groups in total. The number of nitrogens with one attached hydrogen (secondary N) is 1. The molecule has 0 fully saturated rings. The fourth-order valence-electron chi connectivity index (χ4n) is 2.78. The van der Waals surface area contributed by atoms with E-state index >= 15 is 0 Å². The highest BCUT2D eigenvalue weighted by atomic mass is 79.9. The topological polar surface area (TPSA) is 55.1 Å². The molecule has 1 amide bonds. The molecule has 0 atom stereocenters. The molecule has 0 unspecified atom stereocenters. The number of aromatic nitrogens is 1. The molecule has 27 heavy (non-hydrogen) atoms. The molecule has 3 aromatic rings. The van der Waals surface area contributed by atoms with E-state index in [9.17, 15) is 9.18 Å². The number of carbonyl (C=O) groups excluding carboxylic acids is 1. The van der Waals surface area contributed by atoms with Crippen molar-refractivity contribution in [2.24, 2.45) is 0 Å². The summed E-state index contributed by atoms with van der Waals surface area (Å²) in [5, 5.41) is 3.03. The maximum absolute atomic E-state index is 13.8. The second-order valence-corrected chi connectivity index (χ2v) is 7.69. The van der Waals surface area contributed by atoms with Gasteiger partial charge < -0.3 is 9.73 Å². The summed E-state index contributed by atoms with van der Waals surface area (Å²) in [6.45, 7) is 3.91. The second kappa shape index (κ2) is 8.05. The Labute approximate surface area is 165 Å². The first-order valence-corrected chi connectivity index (χ1v) is 9.41. The summed E-state index contributed by atoms with van der Waals surface area (Å²) < 4.78 is 20.4. The summed E-state index contributed by atoms with van der Waals surface area (Å²) in [4.78, 5) is 16.5. The van der Waals surface area contributed by atoms with Crippen LogP contribution in [-0.2, 0) is 16.8 Å². The SMILES string of the molecule is CC(C)(NC(=O)CCc1ncc(-c2ccccc2F)o1)c1ccc(Br)cc1. The first kappa shape index (κ1) is 19.3. The molecule has 140 valence electrons. The van der Waals surface area contributed by atoms with Crippen molar-refractivity contribution in [3.63, 3.8) is 0 Å². The van der Waals surface area contributed by atoms with Crippen LogP contribution in [0.15, 0.2) is 63.6 Å². The minimum absolute atomic E-state index is 0.103. The predicted octanol–water partition coefficient (Wildman–Crippen LogP) is 5.23. The van der Waals surface area contributed by atoms with Crippen molar-refractivity contribution < 1.29 is 13.6 Å². The minimum atomic E-state index is -0.493. The maximum Gasteiger partial charge on any atom is 0.221 e. The molecule has 0 aliphatic carbocycles. The number of benzene rings is 2. The highest BCUT2D eigenvalue weighted by Gasteiger charge is 2.23. The molecular weight excluding hydrogens is 411 g/mol. The van der Waals surface area contributed by atoms with Crippen LogP contribution in [0.5, 0.6) is 0 Å². The predicted molar refractivity (Wildman–Crippen MR) is 106 cm³/mol. The summed E-state index contributed by atoms with van der Waals surface area (Å²) in [5.41, 5.74) is 0.876. The highest BCUT2D eigenvalue weighted by molar-refractivity contribution is 9.10. The molecular formula is C21H20BrFN2O2. The lowest BCUT2D eigenvalue weighted by atomic mass is 9.94. The third-order valence-electron chi connectivity index (χ3n) is 4.28. The van der Waals surface area contributed by atoms with Gasteiger partial charge >= 0.3 is 0 Å². The van der Waals surface area contributed by atoms with E-state index in [1.807, 2.05) is 38.1 Å². The van der Waals surface area contributed by atoms with Crippen LogP contribution in [0.25, 0.3) is 11.3 Å².